The van der Waals surface area contributed by atoms with Gasteiger partial charge in [0.15, 0.2) is 0 Å². The van der Waals surface area contributed by atoms with E-state index in [4.69, 9.17) is 0 Å². The third-order valence-electron chi connectivity index (χ3n) is 4.39. The first-order chi connectivity index (χ1) is 8.69. The van der Waals surface area contributed by atoms with Gasteiger partial charge in [0.25, 0.3) is 0 Å². The first kappa shape index (κ1) is 13.4. The lowest BCUT2D eigenvalue weighted by atomic mass is 9.77. The summed E-state index contributed by atoms with van der Waals surface area (Å²) < 4.78 is 0. The van der Waals surface area contributed by atoms with Crippen molar-refractivity contribution in [2.24, 2.45) is 5.41 Å². The van der Waals surface area contributed by atoms with E-state index in [-0.39, 0.29) is 5.41 Å². The number of aliphatic hydroxyl groups excluding tert-OH is 1. The second-order valence-corrected chi connectivity index (χ2v) is 5.42. The third kappa shape index (κ3) is 2.85. The van der Waals surface area contributed by atoms with Crippen LogP contribution in [0.5, 0.6) is 5.75 Å². The Morgan fingerprint density at radius 2 is 1.89 bits per heavy atom. The second kappa shape index (κ2) is 5.72. The molecule has 100 valence electrons. The van der Waals surface area contributed by atoms with Gasteiger partial charge in [-0.15, -0.1) is 0 Å². The zero-order valence-electron chi connectivity index (χ0n) is 11.1. The van der Waals surface area contributed by atoms with Gasteiger partial charge in [0.2, 0.25) is 0 Å². The number of phenolic OH excluding ortho intramolecular Hbond substituents is 1. The standard InChI is InChI=1S/C15H23NO2/c1-2-15(12-17)7-9-16(10-8-15)11-13-5-3-4-6-14(13)18/h3-6,17-18H,2,7-12H2,1H3. The lowest BCUT2D eigenvalue weighted by Crippen LogP contribution is -2.41. The highest BCUT2D eigenvalue weighted by Gasteiger charge is 2.32. The van der Waals surface area contributed by atoms with Gasteiger partial charge in [0, 0.05) is 18.7 Å². The van der Waals surface area contributed by atoms with Crippen molar-refractivity contribution in [1.82, 2.24) is 4.90 Å². The van der Waals surface area contributed by atoms with Crippen LogP contribution >= 0.6 is 0 Å². The quantitative estimate of drug-likeness (QED) is 0.861. The molecule has 1 aromatic rings. The van der Waals surface area contributed by atoms with Crippen LogP contribution < -0.4 is 0 Å². The number of hydrogen-bond donors (Lipinski definition) is 2. The molecule has 1 heterocycles. The molecule has 0 unspecified atom stereocenters. The second-order valence-electron chi connectivity index (χ2n) is 5.42. The summed E-state index contributed by atoms with van der Waals surface area (Å²) in [4.78, 5) is 2.36. The van der Waals surface area contributed by atoms with Gasteiger partial charge >= 0.3 is 0 Å². The van der Waals surface area contributed by atoms with Crippen LogP contribution in [0.1, 0.15) is 31.7 Å². The molecule has 0 bridgehead atoms. The highest BCUT2D eigenvalue weighted by atomic mass is 16.3. The molecule has 1 aromatic carbocycles. The molecule has 3 heteroatoms. The van der Waals surface area contributed by atoms with Crippen LogP contribution in [0.15, 0.2) is 24.3 Å². The number of nitrogens with zero attached hydrogens (tertiary/aromatic N) is 1. The Morgan fingerprint density at radius 3 is 2.44 bits per heavy atom. The average Bonchev–Trinajstić information content (AvgIpc) is 2.43. The Kier molecular flexibility index (Phi) is 4.25. The highest BCUT2D eigenvalue weighted by molar-refractivity contribution is 5.31. The van der Waals surface area contributed by atoms with E-state index in [2.05, 4.69) is 11.8 Å². The van der Waals surface area contributed by atoms with E-state index in [0.29, 0.717) is 12.4 Å². The van der Waals surface area contributed by atoms with E-state index >= 15 is 0 Å². The minimum absolute atomic E-state index is 0.134. The Balaban J connectivity index is 1.93. The normalized spacial score (nSPS) is 19.9. The topological polar surface area (TPSA) is 43.7 Å². The fourth-order valence-electron chi connectivity index (χ4n) is 2.69. The number of aliphatic hydroxyl groups is 1. The van der Waals surface area contributed by atoms with Gasteiger partial charge in [-0.25, -0.2) is 0 Å². The zero-order chi connectivity index (χ0) is 13.0. The monoisotopic (exact) mass is 249 g/mol. The van der Waals surface area contributed by atoms with Gasteiger partial charge in [-0.3, -0.25) is 4.90 Å². The Morgan fingerprint density at radius 1 is 1.22 bits per heavy atom. The fraction of sp³-hybridized carbons (Fsp3) is 0.600. The van der Waals surface area contributed by atoms with Crippen LogP contribution in [-0.4, -0.2) is 34.8 Å². The number of rotatable bonds is 4. The number of hydrogen-bond acceptors (Lipinski definition) is 3. The third-order valence-corrected chi connectivity index (χ3v) is 4.39. The van der Waals surface area contributed by atoms with Crippen LogP contribution in [0.4, 0.5) is 0 Å². The van der Waals surface area contributed by atoms with Gasteiger partial charge in [-0.2, -0.15) is 0 Å². The van der Waals surface area contributed by atoms with Crippen LogP contribution in [0.3, 0.4) is 0 Å². The molecule has 3 nitrogen and oxygen atoms in total. The van der Waals surface area contributed by atoms with Crippen molar-refractivity contribution in [3.05, 3.63) is 29.8 Å². The molecular formula is C15H23NO2. The van der Waals surface area contributed by atoms with Crippen molar-refractivity contribution in [1.29, 1.82) is 0 Å². The zero-order valence-corrected chi connectivity index (χ0v) is 11.1. The van der Waals surface area contributed by atoms with Gasteiger partial charge < -0.3 is 10.2 Å². The Hall–Kier alpha value is -1.06. The molecule has 0 saturated carbocycles. The van der Waals surface area contributed by atoms with Gasteiger partial charge in [-0.1, -0.05) is 25.1 Å². The molecule has 1 saturated heterocycles. The van der Waals surface area contributed by atoms with Gasteiger partial charge in [-0.05, 0) is 43.8 Å². The lowest BCUT2D eigenvalue weighted by molar-refractivity contribution is 0.0380. The number of phenols is 1. The van der Waals surface area contributed by atoms with Gasteiger partial charge in [0.05, 0.1) is 0 Å². The van der Waals surface area contributed by atoms with Crippen LogP contribution in [-0.2, 0) is 6.54 Å². The van der Waals surface area contributed by atoms with Crippen molar-refractivity contribution in [2.45, 2.75) is 32.7 Å². The highest BCUT2D eigenvalue weighted by Crippen LogP contribution is 2.34. The van der Waals surface area contributed by atoms with Crippen molar-refractivity contribution in [2.75, 3.05) is 19.7 Å². The largest absolute Gasteiger partial charge is 0.508 e. The maximum atomic E-state index is 9.77. The minimum atomic E-state index is 0.134. The molecule has 2 N–H and O–H groups in total. The van der Waals surface area contributed by atoms with Crippen molar-refractivity contribution in [3.8, 4) is 5.75 Å². The molecule has 0 aliphatic carbocycles. The summed E-state index contributed by atoms with van der Waals surface area (Å²) in [7, 11) is 0. The number of piperidine rings is 1. The maximum absolute atomic E-state index is 9.77. The summed E-state index contributed by atoms with van der Waals surface area (Å²) in [5.41, 5.74) is 1.13. The van der Waals surface area contributed by atoms with E-state index in [9.17, 15) is 10.2 Å². The smallest absolute Gasteiger partial charge is 0.120 e. The van der Waals surface area contributed by atoms with E-state index in [1.807, 2.05) is 18.2 Å². The molecule has 0 atom stereocenters. The maximum Gasteiger partial charge on any atom is 0.120 e. The lowest BCUT2D eigenvalue weighted by Gasteiger charge is -2.40. The summed E-state index contributed by atoms with van der Waals surface area (Å²) in [5.74, 6) is 0.381. The SMILES string of the molecule is CCC1(CO)CCN(Cc2ccccc2O)CC1. The van der Waals surface area contributed by atoms with Gasteiger partial charge in [0.1, 0.15) is 5.75 Å². The minimum Gasteiger partial charge on any atom is -0.508 e. The predicted molar refractivity (Wildman–Crippen MR) is 72.4 cm³/mol. The summed E-state index contributed by atoms with van der Waals surface area (Å²) in [5, 5.41) is 19.3. The van der Waals surface area contributed by atoms with Crippen molar-refractivity contribution < 1.29 is 10.2 Å². The summed E-state index contributed by atoms with van der Waals surface area (Å²) in [6.45, 7) is 5.27. The molecular weight excluding hydrogens is 226 g/mol. The first-order valence-electron chi connectivity index (χ1n) is 6.79. The molecule has 0 spiro atoms. The molecule has 0 radical (unpaired) electrons. The van der Waals surface area contributed by atoms with E-state index < -0.39 is 0 Å². The van der Waals surface area contributed by atoms with E-state index in [1.165, 1.54) is 0 Å². The molecule has 1 aliphatic heterocycles. The fourth-order valence-corrected chi connectivity index (χ4v) is 2.69. The van der Waals surface area contributed by atoms with E-state index in [0.717, 1.165) is 44.5 Å². The van der Waals surface area contributed by atoms with Crippen LogP contribution in [0.2, 0.25) is 0 Å². The van der Waals surface area contributed by atoms with Crippen LogP contribution in [0.25, 0.3) is 0 Å². The molecule has 1 aliphatic rings. The molecule has 0 amide bonds. The van der Waals surface area contributed by atoms with Crippen molar-refractivity contribution in [3.63, 3.8) is 0 Å². The van der Waals surface area contributed by atoms with Crippen LogP contribution in [0, 0.1) is 5.41 Å². The molecule has 2 rings (SSSR count). The summed E-state index contributed by atoms with van der Waals surface area (Å²) in [6, 6.07) is 7.53. The summed E-state index contributed by atoms with van der Waals surface area (Å²) >= 11 is 0. The first-order valence-corrected chi connectivity index (χ1v) is 6.79. The molecule has 18 heavy (non-hydrogen) atoms. The van der Waals surface area contributed by atoms with E-state index in [1.54, 1.807) is 6.07 Å². The molecule has 1 fully saturated rings. The number of likely N-dealkylation sites (tertiary alicyclic amines) is 1. The Bertz CT molecular complexity index is 378. The number of para-hydroxylation sites is 1. The predicted octanol–water partition coefficient (Wildman–Crippen LogP) is 2.38. The number of aromatic hydroxyl groups is 1. The summed E-state index contributed by atoms with van der Waals surface area (Å²) in [6.07, 6.45) is 3.15. The number of benzene rings is 1. The molecule has 0 aromatic heterocycles. The Labute approximate surface area is 109 Å². The average molecular weight is 249 g/mol. The van der Waals surface area contributed by atoms with Crippen molar-refractivity contribution >= 4 is 0 Å².